The van der Waals surface area contributed by atoms with Crippen molar-refractivity contribution in [3.8, 4) is 23.0 Å². The molecule has 0 aliphatic heterocycles. The highest BCUT2D eigenvalue weighted by Crippen LogP contribution is 2.25. The third-order valence-electron chi connectivity index (χ3n) is 5.82. The van der Waals surface area contributed by atoms with E-state index in [2.05, 4.69) is 38.3 Å². The normalized spacial score (nSPS) is 10.8. The lowest BCUT2D eigenvalue weighted by Gasteiger charge is -2.11. The Morgan fingerprint density at radius 3 is 1.32 bits per heavy atom. The fraction of sp³-hybridized carbons (Fsp3) is 0.235. The summed E-state index contributed by atoms with van der Waals surface area (Å²) in [5.74, 6) is 2.92. The van der Waals surface area contributed by atoms with E-state index >= 15 is 0 Å². The van der Waals surface area contributed by atoms with Gasteiger partial charge in [-0.3, -0.25) is 9.59 Å². The number of carbonyl (C=O) groups is 2. The first-order valence-electron chi connectivity index (χ1n) is 13.7. The minimum Gasteiger partial charge on any atom is -0.493 e. The molecule has 0 aliphatic carbocycles. The third kappa shape index (κ3) is 9.14. The van der Waals surface area contributed by atoms with E-state index in [-0.39, 0.29) is 11.8 Å². The first-order chi connectivity index (χ1) is 19.7. The zero-order chi connectivity index (χ0) is 29.2. The first kappa shape index (κ1) is 29.2. The molecule has 4 rings (SSSR count). The second-order valence-electron chi connectivity index (χ2n) is 10.5. The Morgan fingerprint density at radius 2 is 0.951 bits per heavy atom. The second-order valence-corrected chi connectivity index (χ2v) is 10.5. The quantitative estimate of drug-likeness (QED) is 0.186. The Morgan fingerprint density at radius 1 is 0.561 bits per heavy atom. The number of rotatable bonds is 12. The molecule has 0 fully saturated rings. The molecule has 0 heterocycles. The summed E-state index contributed by atoms with van der Waals surface area (Å²) in [5, 5.41) is 5.80. The average molecular weight is 553 g/mol. The van der Waals surface area contributed by atoms with Crippen molar-refractivity contribution < 1.29 is 23.8 Å². The number of anilines is 2. The molecule has 4 aromatic carbocycles. The van der Waals surface area contributed by atoms with Crippen LogP contribution in [-0.4, -0.2) is 25.0 Å². The first-order valence-corrected chi connectivity index (χ1v) is 13.7. The lowest BCUT2D eigenvalue weighted by molar-refractivity contribution is 0.101. The summed E-state index contributed by atoms with van der Waals surface area (Å²) in [6.45, 7) is 9.48. The molecule has 41 heavy (non-hydrogen) atoms. The van der Waals surface area contributed by atoms with Gasteiger partial charge in [-0.2, -0.15) is 0 Å². The maximum atomic E-state index is 12.7. The second kappa shape index (κ2) is 14.0. The average Bonchev–Trinajstić information content (AvgIpc) is 2.97. The SMILES string of the molecule is CC(C)COc1cccc(C(=O)Nc2ccc(Oc3ccc(NC(=O)c4cccc(OCC(C)C)c4)cc3)cc2)c1. The van der Waals surface area contributed by atoms with Gasteiger partial charge < -0.3 is 24.8 Å². The van der Waals surface area contributed by atoms with E-state index in [0.29, 0.717) is 70.5 Å². The number of amides is 2. The van der Waals surface area contributed by atoms with Gasteiger partial charge in [0.15, 0.2) is 0 Å². The predicted molar refractivity (Wildman–Crippen MR) is 162 cm³/mol. The zero-order valence-electron chi connectivity index (χ0n) is 23.8. The van der Waals surface area contributed by atoms with Crippen LogP contribution in [0.2, 0.25) is 0 Å². The summed E-state index contributed by atoms with van der Waals surface area (Å²) in [6, 6.07) is 28.5. The molecule has 7 nitrogen and oxygen atoms in total. The minimum absolute atomic E-state index is 0.221. The van der Waals surface area contributed by atoms with Crippen molar-refractivity contribution in [1.82, 2.24) is 0 Å². The topological polar surface area (TPSA) is 85.9 Å². The zero-order valence-corrected chi connectivity index (χ0v) is 23.8. The van der Waals surface area contributed by atoms with E-state index in [1.165, 1.54) is 0 Å². The van der Waals surface area contributed by atoms with Crippen LogP contribution in [0.4, 0.5) is 11.4 Å². The van der Waals surface area contributed by atoms with Crippen LogP contribution in [0.1, 0.15) is 48.4 Å². The molecule has 2 amide bonds. The molecule has 0 bridgehead atoms. The summed E-state index contributed by atoms with van der Waals surface area (Å²) in [5.41, 5.74) is 2.33. The van der Waals surface area contributed by atoms with E-state index < -0.39 is 0 Å². The molecule has 0 aromatic heterocycles. The summed E-state index contributed by atoms with van der Waals surface area (Å²) < 4.78 is 17.4. The third-order valence-corrected chi connectivity index (χ3v) is 5.82. The number of hydrogen-bond donors (Lipinski definition) is 2. The van der Waals surface area contributed by atoms with Crippen LogP contribution in [0.15, 0.2) is 97.1 Å². The summed E-state index contributed by atoms with van der Waals surface area (Å²) in [4.78, 5) is 25.4. The van der Waals surface area contributed by atoms with Crippen LogP contribution in [0.25, 0.3) is 0 Å². The Kier molecular flexibility index (Phi) is 9.99. The van der Waals surface area contributed by atoms with E-state index in [1.54, 1.807) is 84.9 Å². The summed E-state index contributed by atoms with van der Waals surface area (Å²) in [7, 11) is 0. The maximum Gasteiger partial charge on any atom is 0.255 e. The van der Waals surface area contributed by atoms with Crippen molar-refractivity contribution in [2.24, 2.45) is 11.8 Å². The van der Waals surface area contributed by atoms with E-state index in [4.69, 9.17) is 14.2 Å². The van der Waals surface area contributed by atoms with Gasteiger partial charge in [0.25, 0.3) is 11.8 Å². The van der Waals surface area contributed by atoms with Gasteiger partial charge in [-0.05, 0) is 96.8 Å². The van der Waals surface area contributed by atoms with Gasteiger partial charge in [-0.1, -0.05) is 39.8 Å². The number of nitrogens with one attached hydrogen (secondary N) is 2. The monoisotopic (exact) mass is 552 g/mol. The number of hydrogen-bond acceptors (Lipinski definition) is 5. The van der Waals surface area contributed by atoms with Crippen LogP contribution in [0.5, 0.6) is 23.0 Å². The number of carbonyl (C=O) groups excluding carboxylic acids is 2. The van der Waals surface area contributed by atoms with Gasteiger partial charge in [0, 0.05) is 22.5 Å². The van der Waals surface area contributed by atoms with Crippen LogP contribution >= 0.6 is 0 Å². The number of benzene rings is 4. The molecule has 0 aliphatic rings. The molecule has 0 spiro atoms. The molecular formula is C34H36N2O5. The maximum absolute atomic E-state index is 12.7. The molecule has 0 saturated carbocycles. The van der Waals surface area contributed by atoms with Crippen LogP contribution < -0.4 is 24.8 Å². The van der Waals surface area contributed by atoms with Crippen molar-refractivity contribution in [3.05, 3.63) is 108 Å². The highest BCUT2D eigenvalue weighted by atomic mass is 16.5. The van der Waals surface area contributed by atoms with Gasteiger partial charge in [-0.15, -0.1) is 0 Å². The van der Waals surface area contributed by atoms with E-state index in [9.17, 15) is 9.59 Å². The molecule has 0 atom stereocenters. The van der Waals surface area contributed by atoms with Gasteiger partial charge >= 0.3 is 0 Å². The van der Waals surface area contributed by atoms with Crippen LogP contribution in [0, 0.1) is 11.8 Å². The van der Waals surface area contributed by atoms with Crippen molar-refractivity contribution in [3.63, 3.8) is 0 Å². The largest absolute Gasteiger partial charge is 0.493 e. The smallest absolute Gasteiger partial charge is 0.255 e. The molecular weight excluding hydrogens is 516 g/mol. The van der Waals surface area contributed by atoms with Gasteiger partial charge in [0.1, 0.15) is 23.0 Å². The van der Waals surface area contributed by atoms with Crippen LogP contribution in [-0.2, 0) is 0 Å². The van der Waals surface area contributed by atoms with Crippen molar-refractivity contribution >= 4 is 23.2 Å². The van der Waals surface area contributed by atoms with Crippen molar-refractivity contribution in [2.75, 3.05) is 23.8 Å². The van der Waals surface area contributed by atoms with Gasteiger partial charge in [-0.25, -0.2) is 0 Å². The van der Waals surface area contributed by atoms with E-state index in [0.717, 1.165) is 0 Å². The van der Waals surface area contributed by atoms with Gasteiger partial charge in [0.05, 0.1) is 13.2 Å². The Balaban J connectivity index is 1.29. The fourth-order valence-electron chi connectivity index (χ4n) is 3.74. The molecule has 212 valence electrons. The minimum atomic E-state index is -0.221. The molecule has 7 heteroatoms. The summed E-state index contributed by atoms with van der Waals surface area (Å²) in [6.07, 6.45) is 0. The van der Waals surface area contributed by atoms with Crippen molar-refractivity contribution in [1.29, 1.82) is 0 Å². The van der Waals surface area contributed by atoms with Crippen molar-refractivity contribution in [2.45, 2.75) is 27.7 Å². The van der Waals surface area contributed by atoms with Crippen LogP contribution in [0.3, 0.4) is 0 Å². The number of ether oxygens (including phenoxy) is 3. The standard InChI is InChI=1S/C34H36N2O5/c1-23(2)21-39-31-9-5-7-25(19-31)33(37)35-27-11-15-29(16-12-27)41-30-17-13-28(14-18-30)36-34(38)26-8-6-10-32(20-26)40-22-24(3)4/h5-20,23-24H,21-22H2,1-4H3,(H,35,37)(H,36,38). The lowest BCUT2D eigenvalue weighted by atomic mass is 10.2. The molecule has 0 saturated heterocycles. The Labute approximate surface area is 241 Å². The predicted octanol–water partition coefficient (Wildman–Crippen LogP) is 8.05. The highest BCUT2D eigenvalue weighted by Gasteiger charge is 2.10. The molecule has 0 radical (unpaired) electrons. The highest BCUT2D eigenvalue weighted by molar-refractivity contribution is 6.05. The summed E-state index contributed by atoms with van der Waals surface area (Å²) >= 11 is 0. The molecule has 0 unspecified atom stereocenters. The Hall–Kier alpha value is -4.78. The molecule has 4 aromatic rings. The van der Waals surface area contributed by atoms with E-state index in [1.807, 2.05) is 12.1 Å². The lowest BCUT2D eigenvalue weighted by Crippen LogP contribution is -2.12. The fourth-order valence-corrected chi connectivity index (χ4v) is 3.74. The van der Waals surface area contributed by atoms with Gasteiger partial charge in [0.2, 0.25) is 0 Å². The Bertz CT molecular complexity index is 1340. The molecule has 2 N–H and O–H groups in total.